The maximum Gasteiger partial charge on any atom is 0.135 e. The van der Waals surface area contributed by atoms with Crippen molar-refractivity contribution in [3.05, 3.63) is 73.3 Å². The fraction of sp³-hybridized carbons (Fsp3) is 0.444. The highest BCUT2D eigenvalue weighted by Crippen LogP contribution is 2.44. The van der Waals surface area contributed by atoms with Crippen LogP contribution in [0.25, 0.3) is 33.0 Å². The van der Waals surface area contributed by atoms with E-state index in [1.807, 2.05) is 24.8 Å². The van der Waals surface area contributed by atoms with E-state index in [0.29, 0.717) is 25.0 Å². The number of aromatic nitrogens is 2. The van der Waals surface area contributed by atoms with Crippen molar-refractivity contribution < 1.29 is 9.47 Å². The van der Waals surface area contributed by atoms with E-state index in [-0.39, 0.29) is 0 Å². The van der Waals surface area contributed by atoms with Gasteiger partial charge in [-0.3, -0.25) is 9.97 Å². The average molecular weight is 539 g/mol. The lowest BCUT2D eigenvalue weighted by molar-refractivity contribution is 0.234. The summed E-state index contributed by atoms with van der Waals surface area (Å²) >= 11 is 0. The molecule has 0 spiro atoms. The zero-order chi connectivity index (χ0) is 28.2. The number of hydrogen-bond donors (Lipinski definition) is 0. The predicted octanol–water partition coefficient (Wildman–Crippen LogP) is 10.2. The van der Waals surface area contributed by atoms with Crippen molar-refractivity contribution in [2.75, 3.05) is 13.2 Å². The van der Waals surface area contributed by atoms with Gasteiger partial charge >= 0.3 is 0 Å². The van der Waals surface area contributed by atoms with Crippen LogP contribution in [0.2, 0.25) is 0 Å². The van der Waals surface area contributed by atoms with Gasteiger partial charge in [0.05, 0.1) is 13.2 Å². The first-order chi connectivity index (χ1) is 19.7. The minimum atomic E-state index is 0.538. The van der Waals surface area contributed by atoms with Gasteiger partial charge in [-0.05, 0) is 84.3 Å². The van der Waals surface area contributed by atoms with Gasteiger partial charge in [0.15, 0.2) is 0 Å². The third kappa shape index (κ3) is 7.41. The molecule has 4 nitrogen and oxygen atoms in total. The lowest BCUT2D eigenvalue weighted by Crippen LogP contribution is -2.13. The first-order valence-corrected chi connectivity index (χ1v) is 15.4. The zero-order valence-corrected chi connectivity index (χ0v) is 24.9. The van der Waals surface area contributed by atoms with Crippen LogP contribution in [0.3, 0.4) is 0 Å². The van der Waals surface area contributed by atoms with Crippen LogP contribution in [0.1, 0.15) is 79.1 Å². The lowest BCUT2D eigenvalue weighted by Gasteiger charge is -2.22. The summed E-state index contributed by atoms with van der Waals surface area (Å²) in [5.74, 6) is 2.94. The summed E-state index contributed by atoms with van der Waals surface area (Å²) in [5.41, 5.74) is 4.41. The van der Waals surface area contributed by atoms with Crippen LogP contribution in [0, 0.1) is 11.8 Å². The highest BCUT2D eigenvalue weighted by Gasteiger charge is 2.20. The molecule has 0 aliphatic heterocycles. The second-order valence-electron chi connectivity index (χ2n) is 10.9. The van der Waals surface area contributed by atoms with Gasteiger partial charge in [-0.2, -0.15) is 0 Å². The third-order valence-corrected chi connectivity index (χ3v) is 8.10. The molecule has 2 aromatic carbocycles. The topological polar surface area (TPSA) is 44.2 Å². The van der Waals surface area contributed by atoms with Gasteiger partial charge in [-0.1, -0.05) is 66.2 Å². The zero-order valence-electron chi connectivity index (χ0n) is 24.9. The van der Waals surface area contributed by atoms with E-state index in [4.69, 9.17) is 9.47 Å². The van der Waals surface area contributed by atoms with E-state index < -0.39 is 0 Å². The number of nitrogens with zero attached hydrogens (tertiary/aromatic N) is 2. The number of benzene rings is 2. The van der Waals surface area contributed by atoms with Crippen molar-refractivity contribution in [3.8, 4) is 33.8 Å². The van der Waals surface area contributed by atoms with Gasteiger partial charge in [-0.15, -0.1) is 0 Å². The van der Waals surface area contributed by atoms with Crippen molar-refractivity contribution >= 4 is 10.8 Å². The Hall–Kier alpha value is -3.40. The van der Waals surface area contributed by atoms with Crippen molar-refractivity contribution in [2.24, 2.45) is 11.8 Å². The van der Waals surface area contributed by atoms with Crippen LogP contribution < -0.4 is 9.47 Å². The maximum atomic E-state index is 6.77. The number of pyridine rings is 2. The highest BCUT2D eigenvalue weighted by molar-refractivity contribution is 6.02. The maximum absolute atomic E-state index is 6.77. The first kappa shape index (κ1) is 29.6. The fourth-order valence-electron chi connectivity index (χ4n) is 5.38. The van der Waals surface area contributed by atoms with Gasteiger partial charge in [0.2, 0.25) is 0 Å². The third-order valence-electron chi connectivity index (χ3n) is 8.10. The Labute approximate surface area is 241 Å². The standard InChI is InChI=1S/C36H46N2O2/c1-5-9-11-27(7-3)25-39-35-31(29-17-21-37-22-18-29)13-16-34-33(35)15-14-32(30-19-23-38-24-20-30)36(34)40-26-28(8-4)12-10-6-2/h13-24,27-28H,5-12,25-26H2,1-4H3. The van der Waals surface area contributed by atoms with Crippen molar-refractivity contribution in [1.29, 1.82) is 0 Å². The molecular weight excluding hydrogens is 492 g/mol. The average Bonchev–Trinajstić information content (AvgIpc) is 3.01. The Morgan fingerprint density at radius 2 is 0.950 bits per heavy atom. The molecule has 212 valence electrons. The molecule has 2 heterocycles. The molecule has 4 rings (SSSR count). The lowest BCUT2D eigenvalue weighted by atomic mass is 9.95. The molecule has 2 atom stereocenters. The Morgan fingerprint density at radius 1 is 0.550 bits per heavy atom. The van der Waals surface area contributed by atoms with Gasteiger partial charge in [-0.25, -0.2) is 0 Å². The van der Waals surface area contributed by atoms with E-state index in [0.717, 1.165) is 57.4 Å². The van der Waals surface area contributed by atoms with Crippen molar-refractivity contribution in [2.45, 2.75) is 79.1 Å². The number of hydrogen-bond acceptors (Lipinski definition) is 4. The molecule has 0 saturated heterocycles. The molecule has 0 fully saturated rings. The second-order valence-corrected chi connectivity index (χ2v) is 10.9. The summed E-state index contributed by atoms with van der Waals surface area (Å²) in [7, 11) is 0. The minimum Gasteiger partial charge on any atom is -0.492 e. The molecule has 0 radical (unpaired) electrons. The van der Waals surface area contributed by atoms with Crippen LogP contribution in [-0.2, 0) is 0 Å². The van der Waals surface area contributed by atoms with Crippen LogP contribution in [0.4, 0.5) is 0 Å². The summed E-state index contributed by atoms with van der Waals surface area (Å²) in [6.45, 7) is 10.5. The van der Waals surface area contributed by atoms with Crippen LogP contribution in [-0.4, -0.2) is 23.2 Å². The monoisotopic (exact) mass is 538 g/mol. The smallest absolute Gasteiger partial charge is 0.135 e. The van der Waals surface area contributed by atoms with E-state index in [2.05, 4.69) is 86.2 Å². The summed E-state index contributed by atoms with van der Waals surface area (Å²) in [6, 6.07) is 17.0. The molecule has 4 aromatic rings. The largest absolute Gasteiger partial charge is 0.492 e. The molecular formula is C36H46N2O2. The van der Waals surface area contributed by atoms with Gasteiger partial charge in [0.1, 0.15) is 11.5 Å². The van der Waals surface area contributed by atoms with E-state index >= 15 is 0 Å². The molecule has 2 unspecified atom stereocenters. The molecule has 0 N–H and O–H groups in total. The summed E-state index contributed by atoms with van der Waals surface area (Å²) in [4.78, 5) is 8.50. The SMILES string of the molecule is CCCCC(CC)COc1c(-c2ccncc2)ccc2c(OCC(CC)CCCC)c(-c3ccncc3)ccc12. The molecule has 0 aliphatic carbocycles. The van der Waals surface area contributed by atoms with Crippen molar-refractivity contribution in [1.82, 2.24) is 9.97 Å². The van der Waals surface area contributed by atoms with Crippen molar-refractivity contribution in [3.63, 3.8) is 0 Å². The van der Waals surface area contributed by atoms with Crippen LogP contribution in [0.15, 0.2) is 73.3 Å². The molecule has 0 bridgehead atoms. The molecule has 0 aliphatic rings. The fourth-order valence-corrected chi connectivity index (χ4v) is 5.38. The quantitative estimate of drug-likeness (QED) is 0.142. The van der Waals surface area contributed by atoms with Gasteiger partial charge in [0, 0.05) is 46.7 Å². The summed E-state index contributed by atoms with van der Waals surface area (Å²) in [6.07, 6.45) is 16.9. The van der Waals surface area contributed by atoms with Crippen LogP contribution in [0.5, 0.6) is 11.5 Å². The Kier molecular flexibility index (Phi) is 11.4. The highest BCUT2D eigenvalue weighted by atomic mass is 16.5. The Morgan fingerprint density at radius 3 is 1.30 bits per heavy atom. The number of fused-ring (bicyclic) bond motifs is 1. The molecule has 40 heavy (non-hydrogen) atoms. The minimum absolute atomic E-state index is 0.538. The normalized spacial score (nSPS) is 12.8. The van der Waals surface area contributed by atoms with Gasteiger partial charge < -0.3 is 9.47 Å². The predicted molar refractivity (Wildman–Crippen MR) is 168 cm³/mol. The number of rotatable bonds is 16. The van der Waals surface area contributed by atoms with Gasteiger partial charge in [0.25, 0.3) is 0 Å². The number of unbranched alkanes of at least 4 members (excludes halogenated alkanes) is 2. The van der Waals surface area contributed by atoms with E-state index in [1.54, 1.807) is 0 Å². The summed E-state index contributed by atoms with van der Waals surface area (Å²) in [5, 5.41) is 2.18. The summed E-state index contributed by atoms with van der Waals surface area (Å²) < 4.78 is 13.5. The first-order valence-electron chi connectivity index (χ1n) is 15.4. The Bertz CT molecular complexity index is 1200. The molecule has 2 aromatic heterocycles. The number of ether oxygens (including phenoxy) is 2. The molecule has 0 saturated carbocycles. The Balaban J connectivity index is 1.82. The van der Waals surface area contributed by atoms with E-state index in [1.165, 1.54) is 38.5 Å². The molecule has 0 amide bonds. The van der Waals surface area contributed by atoms with Crippen LogP contribution >= 0.6 is 0 Å². The van der Waals surface area contributed by atoms with E-state index in [9.17, 15) is 0 Å². The second kappa shape index (κ2) is 15.4. The molecule has 4 heteroatoms.